The molecule has 1 amide bonds. The van der Waals surface area contributed by atoms with Crippen LogP contribution in [-0.4, -0.2) is 111 Å². The van der Waals surface area contributed by atoms with Crippen LogP contribution in [0.3, 0.4) is 0 Å². The molecular weight excluding hydrogens is 539 g/mol. The number of aliphatic hydroxyl groups excluding tert-OH is 2. The zero-order chi connectivity index (χ0) is 31.3. The monoisotopic (exact) mass is 582 g/mol. The van der Waals surface area contributed by atoms with Gasteiger partial charge in [-0.05, 0) is 13.8 Å². The first-order valence-corrected chi connectivity index (χ1v) is 14.2. The number of fused-ring (bicyclic) bond motifs is 3. The zero-order valence-corrected chi connectivity index (χ0v) is 25.6. The molecule has 1 aromatic rings. The van der Waals surface area contributed by atoms with Crippen LogP contribution in [0.1, 0.15) is 41.8 Å². The van der Waals surface area contributed by atoms with Crippen LogP contribution >= 0.6 is 0 Å². The predicted molar refractivity (Wildman–Crippen MR) is 163 cm³/mol. The molecule has 12 heteroatoms. The van der Waals surface area contributed by atoms with Crippen LogP contribution in [-0.2, 0) is 22.5 Å². The van der Waals surface area contributed by atoms with E-state index in [2.05, 4.69) is 12.8 Å². The van der Waals surface area contributed by atoms with E-state index < -0.39 is 40.9 Å². The molecule has 0 aliphatic heterocycles. The molecule has 0 fully saturated rings. The number of nitrogens with zero attached hydrogens (tertiary/aromatic N) is 2. The van der Waals surface area contributed by atoms with Crippen LogP contribution < -0.4 is 20.7 Å². The summed E-state index contributed by atoms with van der Waals surface area (Å²) in [5.41, 5.74) is 5.84. The molecule has 11 nitrogen and oxygen atoms in total. The molecule has 6 N–H and O–H groups in total. The second-order valence-electron chi connectivity index (χ2n) is 12.0. The van der Waals surface area contributed by atoms with E-state index >= 15 is 0 Å². The van der Waals surface area contributed by atoms with Crippen molar-refractivity contribution < 1.29 is 34.4 Å². The molecule has 0 aromatic heterocycles. The van der Waals surface area contributed by atoms with Crippen molar-refractivity contribution in [1.82, 2.24) is 10.2 Å². The molecule has 3 aliphatic carbocycles. The first-order chi connectivity index (χ1) is 19.7. The van der Waals surface area contributed by atoms with E-state index in [1.165, 1.54) is 7.11 Å². The van der Waals surface area contributed by atoms with Crippen molar-refractivity contribution in [3.63, 3.8) is 0 Å². The number of carbonyl (C=O) groups is 2. The van der Waals surface area contributed by atoms with E-state index in [1.807, 2.05) is 38.9 Å². The number of benzene rings is 1. The number of Topliss-reactive ketones (excluding diaryl/α,β-unsaturated/α-hetero) is 1. The molecule has 0 radical (unpaired) electrons. The molecule has 3 aliphatic rings. The number of nitrogens with one attached hydrogen (secondary N) is 1. The van der Waals surface area contributed by atoms with Gasteiger partial charge in [-0.3, -0.25) is 0 Å². The normalized spacial score (nSPS) is 25.5. The van der Waals surface area contributed by atoms with Crippen molar-refractivity contribution >= 4 is 30.3 Å². The van der Waals surface area contributed by atoms with E-state index in [9.17, 15) is 24.9 Å². The number of nitrogens with two attached hydrogens (primary N) is 1. The third kappa shape index (κ3) is 5.04. The summed E-state index contributed by atoms with van der Waals surface area (Å²) in [6, 6.07) is 0.975. The van der Waals surface area contributed by atoms with Crippen molar-refractivity contribution in [3.8, 4) is 5.75 Å². The van der Waals surface area contributed by atoms with Gasteiger partial charge in [-0.15, -0.1) is 0 Å². The molecule has 0 heterocycles. The average molecular weight is 583 g/mol. The van der Waals surface area contributed by atoms with Gasteiger partial charge in [0.1, 0.15) is 0 Å². The number of hydrogen-bond acceptors (Lipinski definition) is 10. The first-order valence-electron chi connectivity index (χ1n) is 14.2. The topological polar surface area (TPSA) is 158 Å². The Morgan fingerprint density at radius 1 is 1.26 bits per heavy atom. The zero-order valence-electron chi connectivity index (χ0n) is 25.6. The van der Waals surface area contributed by atoms with Crippen molar-refractivity contribution in [2.75, 3.05) is 53.4 Å². The number of ketones is 1. The summed E-state index contributed by atoms with van der Waals surface area (Å²) >= 11 is 0. The van der Waals surface area contributed by atoms with Gasteiger partial charge in [-0.1, -0.05) is 0 Å². The van der Waals surface area contributed by atoms with Crippen LogP contribution in [0.2, 0.25) is 0 Å². The van der Waals surface area contributed by atoms with Gasteiger partial charge >= 0.3 is 217 Å². The fourth-order valence-electron chi connectivity index (χ4n) is 6.97. The third-order valence-electron chi connectivity index (χ3n) is 8.66. The Hall–Kier alpha value is -3.19. The Morgan fingerprint density at radius 3 is 2.48 bits per heavy atom. The quantitative estimate of drug-likeness (QED) is 0.195. The number of carbonyl (C=O) groups excluding carboxylic acids is 2. The summed E-state index contributed by atoms with van der Waals surface area (Å²) in [5, 5.41) is 38.3. The van der Waals surface area contributed by atoms with Crippen molar-refractivity contribution in [2.24, 2.45) is 17.6 Å². The van der Waals surface area contributed by atoms with Crippen molar-refractivity contribution in [1.29, 1.82) is 0 Å². The number of aliphatic hydroxyl groups is 3. The SMILES string of the molecule is B=C1C(C(N)=O)=C(O)[C@@H](N(C)C)[C@@H]2C[C@@H]3Cc4c(c(OC)cc(CNCCOC(C)C)c4N(C)C)C(=O)C3=C(O)[C@]12O. The first kappa shape index (κ1) is 31.7. The Bertz CT molecular complexity index is 1370. The van der Waals surface area contributed by atoms with Gasteiger partial charge in [0.25, 0.3) is 0 Å². The number of allylic oxidation sites excluding steroid dienone is 1. The predicted octanol–water partition coefficient (Wildman–Crippen LogP) is 0.508. The van der Waals surface area contributed by atoms with Crippen LogP contribution in [0.5, 0.6) is 5.75 Å². The van der Waals surface area contributed by atoms with Crippen molar-refractivity contribution in [2.45, 2.75) is 51.0 Å². The van der Waals surface area contributed by atoms with E-state index in [1.54, 1.807) is 19.0 Å². The van der Waals surface area contributed by atoms with Crippen LogP contribution in [0, 0.1) is 11.8 Å². The second-order valence-corrected chi connectivity index (χ2v) is 12.0. The molecule has 0 spiro atoms. The van der Waals surface area contributed by atoms with E-state index in [-0.39, 0.29) is 34.9 Å². The third-order valence-corrected chi connectivity index (χ3v) is 8.66. The molecule has 0 saturated heterocycles. The average Bonchev–Trinajstić information content (AvgIpc) is 2.89. The number of amides is 1. The van der Waals surface area contributed by atoms with Gasteiger partial charge in [-0.2, -0.15) is 0 Å². The minimum atomic E-state index is -2.18. The number of methoxy groups -OCH3 is 1. The summed E-state index contributed by atoms with van der Waals surface area (Å²) in [6.45, 7) is 5.70. The second kappa shape index (κ2) is 11.8. The van der Waals surface area contributed by atoms with Crippen LogP contribution in [0.4, 0.5) is 5.69 Å². The Labute approximate surface area is 248 Å². The number of hydrogen-bond donors (Lipinski definition) is 5. The van der Waals surface area contributed by atoms with Crippen LogP contribution in [0.15, 0.2) is 28.7 Å². The minimum absolute atomic E-state index is 0.0600. The summed E-state index contributed by atoms with van der Waals surface area (Å²) in [5.74, 6) is -3.22. The molecule has 0 saturated carbocycles. The van der Waals surface area contributed by atoms with Crippen molar-refractivity contribution in [3.05, 3.63) is 45.4 Å². The van der Waals surface area contributed by atoms with Gasteiger partial charge in [0, 0.05) is 0 Å². The molecule has 4 atom stereocenters. The maximum absolute atomic E-state index is 14.3. The summed E-state index contributed by atoms with van der Waals surface area (Å²) < 4.78 is 11.4. The Morgan fingerprint density at radius 2 is 1.93 bits per heavy atom. The fraction of sp³-hybridized carbons (Fsp3) is 0.567. The molecule has 0 bridgehead atoms. The van der Waals surface area contributed by atoms with Gasteiger partial charge in [-0.25, -0.2) is 0 Å². The van der Waals surface area contributed by atoms with Gasteiger partial charge in [0.05, 0.1) is 12.7 Å². The van der Waals surface area contributed by atoms with Gasteiger partial charge < -0.3 is 4.74 Å². The molecule has 4 rings (SSSR count). The number of rotatable bonds is 10. The Balaban J connectivity index is 1.85. The molecule has 228 valence electrons. The van der Waals surface area contributed by atoms with Crippen LogP contribution in [0.25, 0.3) is 0 Å². The number of likely N-dealkylation sites (N-methyl/N-ethyl adjacent to an activating group) is 1. The number of ether oxygens (including phenoxy) is 2. The molecular formula is C30H43BN4O7. The van der Waals surface area contributed by atoms with E-state index in [4.69, 9.17) is 15.2 Å². The standard InChI is InChI=1S/C30H43BN4O7/c1-14(2)42-9-8-33-13-16-12-19(41-7)21-17(23(16)34(3)4)10-15-11-18-24(35(5)6)26(37)22(29(32)39)27(31)30(18,40)28(38)20(15)25(21)36/h12,14-15,18,24,31,33,37-38,40H,8-11,13H2,1-7H3,(H2,32,39)/t15-,18-,24-,30+/m0/s1. The van der Waals surface area contributed by atoms with E-state index in [0.717, 1.165) is 16.8 Å². The number of anilines is 1. The summed E-state index contributed by atoms with van der Waals surface area (Å²) in [4.78, 5) is 30.2. The van der Waals surface area contributed by atoms with Gasteiger partial charge in [0.2, 0.25) is 0 Å². The Kier molecular flexibility index (Phi) is 8.94. The summed E-state index contributed by atoms with van der Waals surface area (Å²) in [7, 11) is 12.6. The molecule has 1 aromatic carbocycles. The van der Waals surface area contributed by atoms with Gasteiger partial charge in [0.15, 0.2) is 0 Å². The summed E-state index contributed by atoms with van der Waals surface area (Å²) in [6.07, 6.45) is 0.767. The number of primary amides is 1. The maximum atomic E-state index is 14.3. The molecule has 42 heavy (non-hydrogen) atoms. The van der Waals surface area contributed by atoms with E-state index in [0.29, 0.717) is 37.4 Å². The molecule has 0 unspecified atom stereocenters. The fourth-order valence-corrected chi connectivity index (χ4v) is 6.97.